The first-order chi connectivity index (χ1) is 9.99. The first-order valence-electron chi connectivity index (χ1n) is 6.07. The highest BCUT2D eigenvalue weighted by Gasteiger charge is 2.30. The van der Waals surface area contributed by atoms with Gasteiger partial charge in [0.2, 0.25) is 0 Å². The van der Waals surface area contributed by atoms with Gasteiger partial charge >= 0.3 is 6.18 Å². The van der Waals surface area contributed by atoms with Crippen LogP contribution in [0.1, 0.15) is 15.3 Å². The third-order valence-electron chi connectivity index (χ3n) is 2.52. The van der Waals surface area contributed by atoms with Gasteiger partial charge in [0.25, 0.3) is 0 Å². The van der Waals surface area contributed by atoms with Gasteiger partial charge in [0, 0.05) is 4.88 Å². The number of alkyl halides is 3. The van der Waals surface area contributed by atoms with Crippen molar-refractivity contribution in [3.05, 3.63) is 51.7 Å². The zero-order valence-corrected chi connectivity index (χ0v) is 11.7. The summed E-state index contributed by atoms with van der Waals surface area (Å²) in [5, 5.41) is 0. The van der Waals surface area contributed by atoms with Crippen LogP contribution in [0.5, 0.6) is 5.75 Å². The molecular weight excluding hydrogens is 299 g/mol. The van der Waals surface area contributed by atoms with E-state index < -0.39 is 11.7 Å². The molecule has 0 saturated heterocycles. The fourth-order valence-electron chi connectivity index (χ4n) is 1.58. The molecule has 21 heavy (non-hydrogen) atoms. The molecule has 1 aromatic heterocycles. The highest BCUT2D eigenvalue weighted by molar-refractivity contribution is 7.12. The van der Waals surface area contributed by atoms with Gasteiger partial charge in [0.15, 0.2) is 0 Å². The molecule has 6 heteroatoms. The van der Waals surface area contributed by atoms with Crippen molar-refractivity contribution in [3.8, 4) is 17.6 Å². The molecule has 0 unspecified atom stereocenters. The van der Waals surface area contributed by atoms with E-state index in [1.165, 1.54) is 23.5 Å². The maximum absolute atomic E-state index is 12.6. The van der Waals surface area contributed by atoms with Crippen molar-refractivity contribution in [2.24, 2.45) is 5.73 Å². The summed E-state index contributed by atoms with van der Waals surface area (Å²) in [6.07, 6.45) is -4.37. The fraction of sp³-hybridized carbons (Fsp3) is 0.200. The average molecular weight is 311 g/mol. The van der Waals surface area contributed by atoms with Gasteiger partial charge < -0.3 is 10.5 Å². The van der Waals surface area contributed by atoms with Crippen molar-refractivity contribution >= 4 is 11.3 Å². The van der Waals surface area contributed by atoms with E-state index in [-0.39, 0.29) is 18.9 Å². The molecule has 1 heterocycles. The van der Waals surface area contributed by atoms with Crippen LogP contribution in [-0.2, 0) is 12.8 Å². The standard InChI is InChI=1S/C15H12F3NOS/c16-15(17,18)11-3-1-4-12(9-11)20-10-14-7-6-13(21-14)5-2-8-19/h1,3-4,6-7,9H,8,10,19H2. The predicted molar refractivity (Wildman–Crippen MR) is 76.0 cm³/mol. The molecule has 0 bridgehead atoms. The van der Waals surface area contributed by atoms with Crippen molar-refractivity contribution in [2.75, 3.05) is 6.54 Å². The van der Waals surface area contributed by atoms with Crippen molar-refractivity contribution in [3.63, 3.8) is 0 Å². The molecule has 110 valence electrons. The van der Waals surface area contributed by atoms with Gasteiger partial charge in [-0.25, -0.2) is 0 Å². The summed E-state index contributed by atoms with van der Waals surface area (Å²) in [7, 11) is 0. The Morgan fingerprint density at radius 2 is 2.00 bits per heavy atom. The van der Waals surface area contributed by atoms with Gasteiger partial charge in [0.05, 0.1) is 17.0 Å². The number of hydrogen-bond acceptors (Lipinski definition) is 3. The van der Waals surface area contributed by atoms with Crippen LogP contribution in [0.3, 0.4) is 0 Å². The minimum absolute atomic E-state index is 0.188. The van der Waals surface area contributed by atoms with Gasteiger partial charge in [-0.3, -0.25) is 0 Å². The second kappa shape index (κ2) is 6.66. The van der Waals surface area contributed by atoms with Gasteiger partial charge in [-0.2, -0.15) is 13.2 Å². The molecule has 0 atom stereocenters. The Bertz CT molecular complexity index is 667. The zero-order chi connectivity index (χ0) is 15.3. The van der Waals surface area contributed by atoms with Crippen LogP contribution >= 0.6 is 11.3 Å². The molecule has 0 aliphatic heterocycles. The van der Waals surface area contributed by atoms with Crippen LogP contribution in [0.2, 0.25) is 0 Å². The molecule has 0 spiro atoms. The Labute approximate surface area is 124 Å². The first-order valence-corrected chi connectivity index (χ1v) is 6.88. The summed E-state index contributed by atoms with van der Waals surface area (Å²) in [6, 6.07) is 8.49. The van der Waals surface area contributed by atoms with Crippen LogP contribution < -0.4 is 10.5 Å². The van der Waals surface area contributed by atoms with Crippen LogP contribution in [0.25, 0.3) is 0 Å². The minimum Gasteiger partial charge on any atom is -0.488 e. The smallest absolute Gasteiger partial charge is 0.416 e. The molecule has 2 aromatic rings. The SMILES string of the molecule is NCC#Cc1ccc(COc2cccc(C(F)(F)F)c2)s1. The highest BCUT2D eigenvalue weighted by Crippen LogP contribution is 2.31. The summed E-state index contributed by atoms with van der Waals surface area (Å²) >= 11 is 1.43. The molecule has 2 nitrogen and oxygen atoms in total. The molecule has 0 aliphatic rings. The number of thiophene rings is 1. The fourth-order valence-corrected chi connectivity index (χ4v) is 2.37. The Hall–Kier alpha value is -1.97. The van der Waals surface area contributed by atoms with E-state index >= 15 is 0 Å². The zero-order valence-electron chi connectivity index (χ0n) is 10.9. The van der Waals surface area contributed by atoms with Crippen LogP contribution in [0, 0.1) is 11.8 Å². The molecular formula is C15H12F3NOS. The van der Waals surface area contributed by atoms with Gasteiger partial charge in [-0.05, 0) is 30.3 Å². The quantitative estimate of drug-likeness (QED) is 0.878. The van der Waals surface area contributed by atoms with Crippen LogP contribution in [0.4, 0.5) is 13.2 Å². The highest BCUT2D eigenvalue weighted by atomic mass is 32.1. The lowest BCUT2D eigenvalue weighted by atomic mass is 10.2. The maximum atomic E-state index is 12.6. The number of ether oxygens (including phenoxy) is 1. The second-order valence-corrected chi connectivity index (χ2v) is 5.25. The van der Waals surface area contributed by atoms with Crippen molar-refractivity contribution < 1.29 is 17.9 Å². The third kappa shape index (κ3) is 4.52. The Balaban J connectivity index is 2.01. The van der Waals surface area contributed by atoms with E-state index in [1.807, 2.05) is 12.1 Å². The van der Waals surface area contributed by atoms with E-state index in [2.05, 4.69) is 11.8 Å². The molecule has 0 radical (unpaired) electrons. The minimum atomic E-state index is -4.37. The summed E-state index contributed by atoms with van der Waals surface area (Å²) < 4.78 is 43.1. The molecule has 1 aromatic carbocycles. The molecule has 0 amide bonds. The number of hydrogen-bond donors (Lipinski definition) is 1. The van der Waals surface area contributed by atoms with Crippen LogP contribution in [-0.4, -0.2) is 6.54 Å². The monoisotopic (exact) mass is 311 g/mol. The molecule has 0 aliphatic carbocycles. The van der Waals surface area contributed by atoms with E-state index in [0.29, 0.717) is 0 Å². The van der Waals surface area contributed by atoms with Gasteiger partial charge in [0.1, 0.15) is 12.4 Å². The lowest BCUT2D eigenvalue weighted by molar-refractivity contribution is -0.137. The number of rotatable bonds is 3. The lowest BCUT2D eigenvalue weighted by Crippen LogP contribution is -2.05. The summed E-state index contributed by atoms with van der Waals surface area (Å²) in [5.74, 6) is 5.82. The molecule has 0 fully saturated rings. The van der Waals surface area contributed by atoms with E-state index in [0.717, 1.165) is 21.9 Å². The van der Waals surface area contributed by atoms with Crippen molar-refractivity contribution in [1.29, 1.82) is 0 Å². The molecule has 0 saturated carbocycles. The Morgan fingerprint density at radius 3 is 2.71 bits per heavy atom. The topological polar surface area (TPSA) is 35.2 Å². The third-order valence-corrected chi connectivity index (χ3v) is 3.49. The Morgan fingerprint density at radius 1 is 1.19 bits per heavy atom. The largest absolute Gasteiger partial charge is 0.488 e. The first kappa shape index (κ1) is 15.4. The summed E-state index contributed by atoms with van der Waals surface area (Å²) in [6.45, 7) is 0.490. The van der Waals surface area contributed by atoms with Crippen molar-refractivity contribution in [1.82, 2.24) is 0 Å². The number of benzene rings is 1. The van der Waals surface area contributed by atoms with E-state index in [9.17, 15) is 13.2 Å². The second-order valence-electron chi connectivity index (χ2n) is 4.09. The van der Waals surface area contributed by atoms with E-state index in [1.54, 1.807) is 0 Å². The maximum Gasteiger partial charge on any atom is 0.416 e. The Kier molecular flexibility index (Phi) is 4.89. The van der Waals surface area contributed by atoms with Gasteiger partial charge in [-0.15, -0.1) is 11.3 Å². The van der Waals surface area contributed by atoms with Crippen LogP contribution in [0.15, 0.2) is 36.4 Å². The molecule has 2 rings (SSSR count). The van der Waals surface area contributed by atoms with Crippen molar-refractivity contribution in [2.45, 2.75) is 12.8 Å². The molecule has 2 N–H and O–H groups in total. The van der Waals surface area contributed by atoms with Gasteiger partial charge in [-0.1, -0.05) is 17.9 Å². The predicted octanol–water partition coefficient (Wildman–Crippen LogP) is 3.66. The normalized spacial score (nSPS) is 10.9. The number of nitrogens with two attached hydrogens (primary N) is 1. The summed E-state index contributed by atoms with van der Waals surface area (Å²) in [4.78, 5) is 1.73. The number of halogens is 3. The summed E-state index contributed by atoms with van der Waals surface area (Å²) in [5.41, 5.74) is 4.56. The lowest BCUT2D eigenvalue weighted by Gasteiger charge is -2.09. The van der Waals surface area contributed by atoms with E-state index in [4.69, 9.17) is 10.5 Å². The average Bonchev–Trinajstić information content (AvgIpc) is 2.90.